The van der Waals surface area contributed by atoms with Crippen LogP contribution in [0.15, 0.2) is 12.3 Å². The summed E-state index contributed by atoms with van der Waals surface area (Å²) in [5, 5.41) is 4.32. The number of carbonyl (C=O) groups is 1. The minimum Gasteiger partial charge on any atom is -0.341 e. The molecule has 0 bridgehead atoms. The van der Waals surface area contributed by atoms with Crippen molar-refractivity contribution >= 4 is 5.91 Å². The standard InChI is InChI=1S/C13H21N3O/c1-11-7-10-16(14-11)12(2)13(17)15-8-5-3-4-6-9-15/h7,10,12H,3-6,8-9H2,1-2H3. The van der Waals surface area contributed by atoms with Gasteiger partial charge in [0.25, 0.3) is 0 Å². The van der Waals surface area contributed by atoms with Gasteiger partial charge in [0.2, 0.25) is 5.91 Å². The lowest BCUT2D eigenvalue weighted by atomic mass is 10.2. The number of aromatic nitrogens is 2. The molecule has 1 aromatic rings. The smallest absolute Gasteiger partial charge is 0.247 e. The van der Waals surface area contributed by atoms with Crippen molar-refractivity contribution in [1.82, 2.24) is 14.7 Å². The highest BCUT2D eigenvalue weighted by atomic mass is 16.2. The Morgan fingerprint density at radius 2 is 1.94 bits per heavy atom. The molecular formula is C13H21N3O. The van der Waals surface area contributed by atoms with Crippen LogP contribution >= 0.6 is 0 Å². The molecule has 1 aliphatic rings. The van der Waals surface area contributed by atoms with Crippen LogP contribution < -0.4 is 0 Å². The number of aryl methyl sites for hydroxylation is 1. The topological polar surface area (TPSA) is 38.1 Å². The lowest BCUT2D eigenvalue weighted by molar-refractivity contribution is -0.134. The molecule has 0 spiro atoms. The van der Waals surface area contributed by atoms with Crippen LogP contribution in [-0.4, -0.2) is 33.7 Å². The van der Waals surface area contributed by atoms with Crippen LogP contribution in [0.4, 0.5) is 0 Å². The van der Waals surface area contributed by atoms with E-state index in [2.05, 4.69) is 5.10 Å². The normalized spacial score (nSPS) is 18.8. The van der Waals surface area contributed by atoms with Crippen LogP contribution in [0, 0.1) is 6.92 Å². The summed E-state index contributed by atoms with van der Waals surface area (Å²) in [4.78, 5) is 14.3. The first kappa shape index (κ1) is 12.1. The van der Waals surface area contributed by atoms with E-state index in [1.54, 1.807) is 4.68 Å². The average Bonchev–Trinajstić information content (AvgIpc) is 2.60. The molecule has 2 rings (SSSR count). The van der Waals surface area contributed by atoms with Gasteiger partial charge in [0.1, 0.15) is 6.04 Å². The van der Waals surface area contributed by atoms with E-state index in [4.69, 9.17) is 0 Å². The summed E-state index contributed by atoms with van der Waals surface area (Å²) in [6, 6.07) is 1.76. The van der Waals surface area contributed by atoms with Crippen LogP contribution in [-0.2, 0) is 4.79 Å². The molecule has 0 radical (unpaired) electrons. The van der Waals surface area contributed by atoms with Crippen molar-refractivity contribution in [2.24, 2.45) is 0 Å². The van der Waals surface area contributed by atoms with E-state index >= 15 is 0 Å². The first-order valence-corrected chi connectivity index (χ1v) is 6.49. The van der Waals surface area contributed by atoms with Crippen LogP contribution in [0.1, 0.15) is 44.3 Å². The second kappa shape index (κ2) is 5.34. The summed E-state index contributed by atoms with van der Waals surface area (Å²) in [6.45, 7) is 5.69. The SMILES string of the molecule is Cc1ccn(C(C)C(=O)N2CCCCCC2)n1. The van der Waals surface area contributed by atoms with Gasteiger partial charge in [-0.05, 0) is 32.8 Å². The molecule has 0 saturated carbocycles. The summed E-state index contributed by atoms with van der Waals surface area (Å²) in [5.74, 6) is 0.204. The van der Waals surface area contributed by atoms with Crippen LogP contribution in [0.25, 0.3) is 0 Å². The zero-order valence-corrected chi connectivity index (χ0v) is 10.7. The van der Waals surface area contributed by atoms with Gasteiger partial charge in [0, 0.05) is 19.3 Å². The quantitative estimate of drug-likeness (QED) is 0.787. The number of nitrogens with zero attached hydrogens (tertiary/aromatic N) is 3. The fourth-order valence-electron chi connectivity index (χ4n) is 2.32. The highest BCUT2D eigenvalue weighted by molar-refractivity contribution is 5.80. The van der Waals surface area contributed by atoms with Gasteiger partial charge >= 0.3 is 0 Å². The summed E-state index contributed by atoms with van der Waals surface area (Å²) < 4.78 is 1.77. The van der Waals surface area contributed by atoms with Gasteiger partial charge < -0.3 is 4.90 Å². The average molecular weight is 235 g/mol. The molecule has 1 atom stereocenters. The zero-order chi connectivity index (χ0) is 12.3. The molecule has 94 valence electrons. The summed E-state index contributed by atoms with van der Waals surface area (Å²) >= 11 is 0. The second-order valence-electron chi connectivity index (χ2n) is 4.85. The van der Waals surface area contributed by atoms with E-state index in [-0.39, 0.29) is 11.9 Å². The molecule has 1 unspecified atom stereocenters. The third-order valence-corrected chi connectivity index (χ3v) is 3.41. The Morgan fingerprint density at radius 3 is 2.47 bits per heavy atom. The first-order valence-electron chi connectivity index (χ1n) is 6.49. The molecule has 0 aromatic carbocycles. The molecule has 17 heavy (non-hydrogen) atoms. The molecular weight excluding hydrogens is 214 g/mol. The van der Waals surface area contributed by atoms with E-state index in [9.17, 15) is 4.79 Å². The fourth-order valence-corrected chi connectivity index (χ4v) is 2.32. The third-order valence-electron chi connectivity index (χ3n) is 3.41. The summed E-state index contributed by atoms with van der Waals surface area (Å²) in [6.07, 6.45) is 6.65. The number of likely N-dealkylation sites (tertiary alicyclic amines) is 1. The monoisotopic (exact) mass is 235 g/mol. The predicted molar refractivity (Wildman–Crippen MR) is 66.7 cm³/mol. The minimum absolute atomic E-state index is 0.179. The Labute approximate surface area is 103 Å². The summed E-state index contributed by atoms with van der Waals surface area (Å²) in [7, 11) is 0. The highest BCUT2D eigenvalue weighted by Gasteiger charge is 2.22. The Morgan fingerprint density at radius 1 is 1.29 bits per heavy atom. The molecule has 1 aromatic heterocycles. The molecule has 0 aliphatic carbocycles. The van der Waals surface area contributed by atoms with Gasteiger partial charge in [-0.1, -0.05) is 12.8 Å². The van der Waals surface area contributed by atoms with Crippen LogP contribution in [0.5, 0.6) is 0 Å². The molecule has 1 fully saturated rings. The van der Waals surface area contributed by atoms with Gasteiger partial charge in [0.15, 0.2) is 0 Å². The maximum absolute atomic E-state index is 12.3. The Balaban J connectivity index is 2.03. The highest BCUT2D eigenvalue weighted by Crippen LogP contribution is 2.15. The Kier molecular flexibility index (Phi) is 3.82. The third kappa shape index (κ3) is 2.87. The van der Waals surface area contributed by atoms with Crippen molar-refractivity contribution < 1.29 is 4.79 Å². The van der Waals surface area contributed by atoms with E-state index in [1.165, 1.54) is 12.8 Å². The van der Waals surface area contributed by atoms with Crippen molar-refractivity contribution in [1.29, 1.82) is 0 Å². The number of carbonyl (C=O) groups excluding carboxylic acids is 1. The second-order valence-corrected chi connectivity index (χ2v) is 4.85. The zero-order valence-electron chi connectivity index (χ0n) is 10.7. The molecule has 2 heterocycles. The number of hydrogen-bond acceptors (Lipinski definition) is 2. The lowest BCUT2D eigenvalue weighted by Crippen LogP contribution is -2.37. The van der Waals surface area contributed by atoms with Gasteiger partial charge in [-0.15, -0.1) is 0 Å². The van der Waals surface area contributed by atoms with Crippen molar-refractivity contribution in [3.63, 3.8) is 0 Å². The number of hydrogen-bond donors (Lipinski definition) is 0. The van der Waals surface area contributed by atoms with Crippen molar-refractivity contribution in [3.8, 4) is 0 Å². The minimum atomic E-state index is -0.179. The van der Waals surface area contributed by atoms with E-state index in [1.807, 2.05) is 31.0 Å². The van der Waals surface area contributed by atoms with Gasteiger partial charge in [-0.2, -0.15) is 5.10 Å². The fraction of sp³-hybridized carbons (Fsp3) is 0.692. The molecule has 1 amide bonds. The van der Waals surface area contributed by atoms with E-state index < -0.39 is 0 Å². The van der Waals surface area contributed by atoms with Gasteiger partial charge in [0.05, 0.1) is 5.69 Å². The first-order chi connectivity index (χ1) is 8.18. The lowest BCUT2D eigenvalue weighted by Gasteiger charge is -2.24. The Bertz CT molecular complexity index is 378. The van der Waals surface area contributed by atoms with Crippen LogP contribution in [0.2, 0.25) is 0 Å². The molecule has 1 saturated heterocycles. The maximum Gasteiger partial charge on any atom is 0.247 e. The maximum atomic E-state index is 12.3. The predicted octanol–water partition coefficient (Wildman–Crippen LogP) is 2.16. The number of amides is 1. The van der Waals surface area contributed by atoms with Crippen LogP contribution in [0.3, 0.4) is 0 Å². The van der Waals surface area contributed by atoms with Crippen molar-refractivity contribution in [3.05, 3.63) is 18.0 Å². The molecule has 4 nitrogen and oxygen atoms in total. The molecule has 4 heteroatoms. The molecule has 1 aliphatic heterocycles. The Hall–Kier alpha value is -1.32. The van der Waals surface area contributed by atoms with E-state index in [0.29, 0.717) is 0 Å². The van der Waals surface area contributed by atoms with E-state index in [0.717, 1.165) is 31.6 Å². The number of rotatable bonds is 2. The van der Waals surface area contributed by atoms with Crippen molar-refractivity contribution in [2.75, 3.05) is 13.1 Å². The summed E-state index contributed by atoms with van der Waals surface area (Å²) in [5.41, 5.74) is 0.959. The molecule has 0 N–H and O–H groups in total. The largest absolute Gasteiger partial charge is 0.341 e. The van der Waals surface area contributed by atoms with Gasteiger partial charge in [-0.3, -0.25) is 9.48 Å². The van der Waals surface area contributed by atoms with Gasteiger partial charge in [-0.25, -0.2) is 0 Å². The van der Waals surface area contributed by atoms with Crippen molar-refractivity contribution in [2.45, 2.75) is 45.6 Å².